The van der Waals surface area contributed by atoms with Crippen LogP contribution in [-0.4, -0.2) is 7.11 Å². The van der Waals surface area contributed by atoms with Gasteiger partial charge in [0.15, 0.2) is 11.6 Å². The van der Waals surface area contributed by atoms with Gasteiger partial charge < -0.3 is 15.2 Å². The largest absolute Gasteiger partial charge is 0.494 e. The fourth-order valence-electron chi connectivity index (χ4n) is 1.65. The van der Waals surface area contributed by atoms with Crippen molar-refractivity contribution in [2.45, 2.75) is 6.92 Å². The van der Waals surface area contributed by atoms with Crippen LogP contribution in [0.5, 0.6) is 17.2 Å². The van der Waals surface area contributed by atoms with Gasteiger partial charge in [-0.1, -0.05) is 0 Å². The standard InChI is InChI=1S/C14H13F2NO2/c1-8-5-9(15)3-4-12(8)19-13-7-14(18-2)11(17)6-10(13)16/h3-7H,17H2,1-2H3. The molecule has 5 heteroatoms. The van der Waals surface area contributed by atoms with Crippen molar-refractivity contribution in [1.29, 1.82) is 0 Å². The number of nitrogens with two attached hydrogens (primary N) is 1. The monoisotopic (exact) mass is 265 g/mol. The molecule has 0 amide bonds. The molecule has 0 atom stereocenters. The van der Waals surface area contributed by atoms with Crippen LogP contribution in [-0.2, 0) is 0 Å². The van der Waals surface area contributed by atoms with E-state index in [0.717, 1.165) is 6.07 Å². The zero-order valence-electron chi connectivity index (χ0n) is 10.5. The van der Waals surface area contributed by atoms with Crippen molar-refractivity contribution in [3.63, 3.8) is 0 Å². The van der Waals surface area contributed by atoms with E-state index >= 15 is 0 Å². The first kappa shape index (κ1) is 13.1. The molecule has 0 aromatic heterocycles. The molecule has 2 aromatic carbocycles. The highest BCUT2D eigenvalue weighted by atomic mass is 19.1. The molecule has 0 radical (unpaired) electrons. The van der Waals surface area contributed by atoms with E-state index in [0.29, 0.717) is 17.1 Å². The van der Waals surface area contributed by atoms with Gasteiger partial charge in [0, 0.05) is 12.1 Å². The quantitative estimate of drug-likeness (QED) is 0.861. The van der Waals surface area contributed by atoms with Crippen molar-refractivity contribution in [2.75, 3.05) is 12.8 Å². The maximum absolute atomic E-state index is 13.7. The third-order valence-corrected chi connectivity index (χ3v) is 2.64. The number of anilines is 1. The Balaban J connectivity index is 2.37. The zero-order chi connectivity index (χ0) is 14.0. The van der Waals surface area contributed by atoms with Gasteiger partial charge in [0.05, 0.1) is 12.8 Å². The number of methoxy groups -OCH3 is 1. The summed E-state index contributed by atoms with van der Waals surface area (Å²) in [4.78, 5) is 0. The second-order valence-corrected chi connectivity index (χ2v) is 4.04. The number of hydrogen-bond acceptors (Lipinski definition) is 3. The smallest absolute Gasteiger partial charge is 0.168 e. The molecule has 0 heterocycles. The number of aryl methyl sites for hydroxylation is 1. The van der Waals surface area contributed by atoms with Gasteiger partial charge in [-0.15, -0.1) is 0 Å². The number of benzene rings is 2. The predicted molar refractivity (Wildman–Crippen MR) is 68.6 cm³/mol. The Hall–Kier alpha value is -2.30. The fourth-order valence-corrected chi connectivity index (χ4v) is 1.65. The highest BCUT2D eigenvalue weighted by Gasteiger charge is 2.12. The first-order valence-corrected chi connectivity index (χ1v) is 5.58. The van der Waals surface area contributed by atoms with Crippen LogP contribution in [0.2, 0.25) is 0 Å². The third-order valence-electron chi connectivity index (χ3n) is 2.64. The van der Waals surface area contributed by atoms with Crippen molar-refractivity contribution in [3.05, 3.63) is 47.5 Å². The van der Waals surface area contributed by atoms with Gasteiger partial charge in [0.1, 0.15) is 17.3 Å². The maximum atomic E-state index is 13.7. The number of rotatable bonds is 3. The predicted octanol–water partition coefficient (Wildman–Crippen LogP) is 3.66. The summed E-state index contributed by atoms with van der Waals surface area (Å²) in [7, 11) is 1.43. The zero-order valence-corrected chi connectivity index (χ0v) is 10.5. The van der Waals surface area contributed by atoms with Crippen LogP contribution in [0.4, 0.5) is 14.5 Å². The van der Waals surface area contributed by atoms with Crippen molar-refractivity contribution in [1.82, 2.24) is 0 Å². The lowest BCUT2D eigenvalue weighted by Gasteiger charge is -2.12. The Labute approximate surface area is 109 Å². The van der Waals surface area contributed by atoms with Gasteiger partial charge >= 0.3 is 0 Å². The molecule has 0 saturated heterocycles. The summed E-state index contributed by atoms with van der Waals surface area (Å²) >= 11 is 0. The summed E-state index contributed by atoms with van der Waals surface area (Å²) in [6.07, 6.45) is 0. The van der Waals surface area contributed by atoms with Crippen molar-refractivity contribution < 1.29 is 18.3 Å². The summed E-state index contributed by atoms with van der Waals surface area (Å²) in [5.74, 6) is -0.328. The van der Waals surface area contributed by atoms with Crippen LogP contribution >= 0.6 is 0 Å². The summed E-state index contributed by atoms with van der Waals surface area (Å²) in [6.45, 7) is 1.67. The van der Waals surface area contributed by atoms with Gasteiger partial charge in [-0.25, -0.2) is 8.78 Å². The van der Waals surface area contributed by atoms with Gasteiger partial charge in [-0.2, -0.15) is 0 Å². The molecule has 0 aliphatic heterocycles. The molecule has 2 rings (SSSR count). The Kier molecular flexibility index (Phi) is 3.55. The topological polar surface area (TPSA) is 44.5 Å². The molecule has 0 bridgehead atoms. The minimum absolute atomic E-state index is 0.0271. The molecule has 0 spiro atoms. The summed E-state index contributed by atoms with van der Waals surface area (Å²) < 4.78 is 37.1. The van der Waals surface area contributed by atoms with E-state index in [4.69, 9.17) is 15.2 Å². The molecular formula is C14H13F2NO2. The second kappa shape index (κ2) is 5.14. The normalized spacial score (nSPS) is 10.3. The second-order valence-electron chi connectivity index (χ2n) is 4.04. The molecule has 2 N–H and O–H groups in total. The molecule has 3 nitrogen and oxygen atoms in total. The van der Waals surface area contributed by atoms with E-state index in [-0.39, 0.29) is 17.3 Å². The van der Waals surface area contributed by atoms with Gasteiger partial charge in [0.25, 0.3) is 0 Å². The SMILES string of the molecule is COc1cc(Oc2ccc(F)cc2C)c(F)cc1N. The van der Waals surface area contributed by atoms with Gasteiger partial charge in [0.2, 0.25) is 0 Å². The van der Waals surface area contributed by atoms with Crippen molar-refractivity contribution >= 4 is 5.69 Å². The van der Waals surface area contributed by atoms with Crippen LogP contribution < -0.4 is 15.2 Å². The van der Waals surface area contributed by atoms with Crippen LogP contribution in [0, 0.1) is 18.6 Å². The lowest BCUT2D eigenvalue weighted by molar-refractivity contribution is 0.402. The van der Waals surface area contributed by atoms with Gasteiger partial charge in [-0.05, 0) is 30.7 Å². The molecular weight excluding hydrogens is 252 g/mol. The number of nitrogen functional groups attached to an aromatic ring is 1. The Bertz CT molecular complexity index is 615. The van der Waals surface area contributed by atoms with E-state index in [1.807, 2.05) is 0 Å². The molecule has 0 aliphatic carbocycles. The fraction of sp³-hybridized carbons (Fsp3) is 0.143. The molecule has 0 saturated carbocycles. The first-order valence-electron chi connectivity index (χ1n) is 5.58. The lowest BCUT2D eigenvalue weighted by atomic mass is 10.2. The number of halogens is 2. The third kappa shape index (κ3) is 2.76. The minimum atomic E-state index is -0.609. The van der Waals surface area contributed by atoms with Crippen LogP contribution in [0.1, 0.15) is 5.56 Å². The van der Waals surface area contributed by atoms with Crippen molar-refractivity contribution in [2.24, 2.45) is 0 Å². The molecule has 0 fully saturated rings. The summed E-state index contributed by atoms with van der Waals surface area (Å²) in [6, 6.07) is 6.46. The van der Waals surface area contributed by atoms with Crippen LogP contribution in [0.3, 0.4) is 0 Å². The molecule has 0 unspecified atom stereocenters. The van der Waals surface area contributed by atoms with E-state index in [1.165, 1.54) is 31.4 Å². The average Bonchev–Trinajstić information content (AvgIpc) is 2.35. The lowest BCUT2D eigenvalue weighted by Crippen LogP contribution is -1.97. The molecule has 0 aliphatic rings. The van der Waals surface area contributed by atoms with E-state index < -0.39 is 5.82 Å². The first-order chi connectivity index (χ1) is 9.01. The highest BCUT2D eigenvalue weighted by Crippen LogP contribution is 2.33. The van der Waals surface area contributed by atoms with E-state index in [9.17, 15) is 8.78 Å². The molecule has 2 aromatic rings. The summed E-state index contributed by atoms with van der Waals surface area (Å²) in [5.41, 5.74) is 6.32. The Morgan fingerprint density at radius 3 is 2.37 bits per heavy atom. The van der Waals surface area contributed by atoms with E-state index in [1.54, 1.807) is 6.92 Å². The van der Waals surface area contributed by atoms with Crippen LogP contribution in [0.15, 0.2) is 30.3 Å². The Morgan fingerprint density at radius 1 is 1.00 bits per heavy atom. The number of hydrogen-bond donors (Lipinski definition) is 1. The molecule has 100 valence electrons. The summed E-state index contributed by atoms with van der Waals surface area (Å²) in [5, 5.41) is 0. The van der Waals surface area contributed by atoms with Crippen molar-refractivity contribution in [3.8, 4) is 17.2 Å². The molecule has 19 heavy (non-hydrogen) atoms. The minimum Gasteiger partial charge on any atom is -0.494 e. The highest BCUT2D eigenvalue weighted by molar-refractivity contribution is 5.57. The van der Waals surface area contributed by atoms with E-state index in [2.05, 4.69) is 0 Å². The number of ether oxygens (including phenoxy) is 2. The Morgan fingerprint density at radius 2 is 1.74 bits per heavy atom. The average molecular weight is 265 g/mol. The van der Waals surface area contributed by atoms with Gasteiger partial charge in [-0.3, -0.25) is 0 Å². The van der Waals surface area contributed by atoms with Crippen LogP contribution in [0.25, 0.3) is 0 Å². The maximum Gasteiger partial charge on any atom is 0.168 e.